The van der Waals surface area contributed by atoms with Crippen LogP contribution in [0.4, 0.5) is 0 Å². The minimum absolute atomic E-state index is 0.0444. The molecule has 26 heavy (non-hydrogen) atoms. The van der Waals surface area contributed by atoms with Crippen molar-refractivity contribution in [2.45, 2.75) is 12.8 Å². The molecule has 0 aliphatic carbocycles. The van der Waals surface area contributed by atoms with Gasteiger partial charge in [-0.3, -0.25) is 9.59 Å². The van der Waals surface area contributed by atoms with E-state index in [1.54, 1.807) is 43.5 Å². The molecule has 0 fully saturated rings. The van der Waals surface area contributed by atoms with Crippen molar-refractivity contribution in [3.05, 3.63) is 60.2 Å². The second-order valence-corrected chi connectivity index (χ2v) is 5.36. The molecule has 5 heteroatoms. The number of ether oxygens (including phenoxy) is 2. The summed E-state index contributed by atoms with van der Waals surface area (Å²) in [7, 11) is 1.58. The normalized spacial score (nSPS) is 9.58. The van der Waals surface area contributed by atoms with Gasteiger partial charge in [-0.1, -0.05) is 54.3 Å². The molecule has 0 atom stereocenters. The summed E-state index contributed by atoms with van der Waals surface area (Å²) in [5.41, 5.74) is 0.619. The van der Waals surface area contributed by atoms with E-state index in [0.717, 1.165) is 0 Å². The Hall–Kier alpha value is -3.26. The highest BCUT2D eigenvalue weighted by molar-refractivity contribution is 5.97. The third-order valence-electron chi connectivity index (χ3n) is 3.54. The van der Waals surface area contributed by atoms with Crippen LogP contribution in [0.5, 0.6) is 11.5 Å². The van der Waals surface area contributed by atoms with Crippen LogP contribution < -0.4 is 14.8 Å². The zero-order chi connectivity index (χ0) is 18.6. The lowest BCUT2D eigenvalue weighted by Crippen LogP contribution is -2.24. The van der Waals surface area contributed by atoms with E-state index in [1.165, 1.54) is 0 Å². The molecule has 0 saturated heterocycles. The fourth-order valence-electron chi connectivity index (χ4n) is 2.19. The molecule has 0 heterocycles. The van der Waals surface area contributed by atoms with Gasteiger partial charge in [-0.05, 0) is 12.1 Å². The summed E-state index contributed by atoms with van der Waals surface area (Å²) in [6.07, 6.45) is 0.327. The Bertz CT molecular complexity index is 790. The van der Waals surface area contributed by atoms with Crippen LogP contribution in [-0.2, 0) is 4.79 Å². The molecule has 0 aliphatic rings. The van der Waals surface area contributed by atoms with E-state index in [4.69, 9.17) is 9.47 Å². The fourth-order valence-corrected chi connectivity index (χ4v) is 2.19. The van der Waals surface area contributed by atoms with Crippen LogP contribution in [0, 0.1) is 11.8 Å². The Labute approximate surface area is 153 Å². The average Bonchev–Trinajstić information content (AvgIpc) is 2.69. The third-order valence-corrected chi connectivity index (χ3v) is 3.54. The molecular weight excluding hydrogens is 330 g/mol. The second kappa shape index (κ2) is 10.6. The van der Waals surface area contributed by atoms with Crippen molar-refractivity contribution in [2.75, 3.05) is 20.3 Å². The van der Waals surface area contributed by atoms with E-state index >= 15 is 0 Å². The van der Waals surface area contributed by atoms with Crippen molar-refractivity contribution >= 4 is 11.7 Å². The molecule has 1 N–H and O–H groups in total. The molecule has 0 spiro atoms. The molecule has 0 aromatic heterocycles. The maximum Gasteiger partial charge on any atom is 0.221 e. The van der Waals surface area contributed by atoms with E-state index in [-0.39, 0.29) is 37.7 Å². The van der Waals surface area contributed by atoms with Crippen molar-refractivity contribution < 1.29 is 19.1 Å². The predicted molar refractivity (Wildman–Crippen MR) is 99.3 cm³/mol. The molecule has 2 rings (SSSR count). The molecule has 0 saturated carbocycles. The number of ketones is 1. The minimum Gasteiger partial charge on any atom is -0.493 e. The van der Waals surface area contributed by atoms with Gasteiger partial charge in [-0.2, -0.15) is 0 Å². The Balaban J connectivity index is 1.64. The number of carbonyl (C=O) groups is 2. The molecule has 2 aromatic carbocycles. The molecular formula is C21H21NO4. The minimum atomic E-state index is -0.200. The van der Waals surface area contributed by atoms with Crippen molar-refractivity contribution in [3.63, 3.8) is 0 Å². The van der Waals surface area contributed by atoms with Gasteiger partial charge in [-0.15, -0.1) is 0 Å². The van der Waals surface area contributed by atoms with Gasteiger partial charge in [-0.25, -0.2) is 0 Å². The van der Waals surface area contributed by atoms with Gasteiger partial charge in [0, 0.05) is 18.4 Å². The highest BCUT2D eigenvalue weighted by atomic mass is 16.5. The van der Waals surface area contributed by atoms with E-state index in [0.29, 0.717) is 17.1 Å². The first-order chi connectivity index (χ1) is 12.7. The lowest BCUT2D eigenvalue weighted by Gasteiger charge is -2.07. The number of methoxy groups -OCH3 is 1. The SMILES string of the molecule is COc1ccccc1OCC#CCNC(=O)CCC(=O)c1ccccc1. The quantitative estimate of drug-likeness (QED) is 0.587. The third kappa shape index (κ3) is 6.33. The van der Waals surface area contributed by atoms with Gasteiger partial charge < -0.3 is 14.8 Å². The first-order valence-corrected chi connectivity index (χ1v) is 8.27. The Morgan fingerprint density at radius 1 is 0.923 bits per heavy atom. The summed E-state index contributed by atoms with van der Waals surface area (Å²) in [5.74, 6) is 6.65. The monoisotopic (exact) mass is 351 g/mol. The van der Waals surface area contributed by atoms with Gasteiger partial charge in [0.05, 0.1) is 13.7 Å². The van der Waals surface area contributed by atoms with Crippen molar-refractivity contribution in [3.8, 4) is 23.3 Å². The smallest absolute Gasteiger partial charge is 0.221 e. The number of hydrogen-bond acceptors (Lipinski definition) is 4. The molecule has 0 aliphatic heterocycles. The van der Waals surface area contributed by atoms with Crippen LogP contribution in [0.3, 0.4) is 0 Å². The van der Waals surface area contributed by atoms with E-state index < -0.39 is 0 Å². The number of Topliss-reactive ketones (excluding diaryl/α,β-unsaturated/α-hetero) is 1. The summed E-state index contributed by atoms with van der Waals surface area (Å²) < 4.78 is 10.7. The highest BCUT2D eigenvalue weighted by Crippen LogP contribution is 2.25. The van der Waals surface area contributed by atoms with E-state index in [2.05, 4.69) is 17.2 Å². The standard InChI is InChI=1S/C21H21NO4/c1-25-19-11-5-6-12-20(19)26-16-8-7-15-22-21(24)14-13-18(23)17-9-3-2-4-10-17/h2-6,9-12H,13-16H2,1H3,(H,22,24). The largest absolute Gasteiger partial charge is 0.493 e. The van der Waals surface area contributed by atoms with Gasteiger partial charge >= 0.3 is 0 Å². The van der Waals surface area contributed by atoms with Crippen LogP contribution in [0.1, 0.15) is 23.2 Å². The molecule has 1 amide bonds. The number of hydrogen-bond donors (Lipinski definition) is 1. The van der Waals surface area contributed by atoms with Gasteiger partial charge in [0.2, 0.25) is 5.91 Å². The first-order valence-electron chi connectivity index (χ1n) is 8.27. The maximum absolute atomic E-state index is 11.9. The first kappa shape index (κ1) is 19.1. The molecule has 134 valence electrons. The van der Waals surface area contributed by atoms with Crippen LogP contribution in [0.25, 0.3) is 0 Å². The molecule has 0 radical (unpaired) electrons. The number of benzene rings is 2. The highest BCUT2D eigenvalue weighted by Gasteiger charge is 2.08. The Morgan fingerprint density at radius 2 is 1.62 bits per heavy atom. The lowest BCUT2D eigenvalue weighted by molar-refractivity contribution is -0.120. The zero-order valence-electron chi connectivity index (χ0n) is 14.7. The number of para-hydroxylation sites is 2. The van der Waals surface area contributed by atoms with Crippen molar-refractivity contribution in [1.29, 1.82) is 0 Å². The predicted octanol–water partition coefficient (Wildman–Crippen LogP) is 2.86. The summed E-state index contributed by atoms with van der Waals surface area (Å²) in [5, 5.41) is 2.67. The zero-order valence-corrected chi connectivity index (χ0v) is 14.7. The number of nitrogens with one attached hydrogen (secondary N) is 1. The Morgan fingerprint density at radius 3 is 2.35 bits per heavy atom. The summed E-state index contributed by atoms with van der Waals surface area (Å²) in [6, 6.07) is 16.2. The topological polar surface area (TPSA) is 64.6 Å². The van der Waals surface area contributed by atoms with Crippen LogP contribution in [-0.4, -0.2) is 32.0 Å². The van der Waals surface area contributed by atoms with E-state index in [1.807, 2.05) is 18.2 Å². The molecule has 0 unspecified atom stereocenters. The Kier molecular flexibility index (Phi) is 7.75. The summed E-state index contributed by atoms with van der Waals surface area (Å²) in [4.78, 5) is 23.7. The van der Waals surface area contributed by atoms with Crippen molar-refractivity contribution in [1.82, 2.24) is 5.32 Å². The van der Waals surface area contributed by atoms with Gasteiger partial charge in [0.1, 0.15) is 6.61 Å². The number of amides is 1. The van der Waals surface area contributed by atoms with Gasteiger partial charge in [0.25, 0.3) is 0 Å². The van der Waals surface area contributed by atoms with E-state index in [9.17, 15) is 9.59 Å². The summed E-state index contributed by atoms with van der Waals surface area (Å²) >= 11 is 0. The fraction of sp³-hybridized carbons (Fsp3) is 0.238. The lowest BCUT2D eigenvalue weighted by atomic mass is 10.1. The van der Waals surface area contributed by atoms with Crippen molar-refractivity contribution in [2.24, 2.45) is 0 Å². The maximum atomic E-state index is 11.9. The van der Waals surface area contributed by atoms with Crippen LogP contribution >= 0.6 is 0 Å². The number of carbonyl (C=O) groups excluding carboxylic acids is 2. The van der Waals surface area contributed by atoms with Gasteiger partial charge in [0.15, 0.2) is 17.3 Å². The molecule has 2 aromatic rings. The molecule has 5 nitrogen and oxygen atoms in total. The van der Waals surface area contributed by atoms with Crippen LogP contribution in [0.15, 0.2) is 54.6 Å². The summed E-state index contributed by atoms with van der Waals surface area (Å²) in [6.45, 7) is 0.413. The molecule has 0 bridgehead atoms. The second-order valence-electron chi connectivity index (χ2n) is 5.36. The average molecular weight is 351 g/mol. The van der Waals surface area contributed by atoms with Crippen LogP contribution in [0.2, 0.25) is 0 Å². The number of rotatable bonds is 8.